The molecule has 0 aromatic carbocycles. The normalized spacial score (nSPS) is 27.5. The van der Waals surface area contributed by atoms with Gasteiger partial charge in [-0.2, -0.15) is 0 Å². The van der Waals surface area contributed by atoms with Crippen molar-refractivity contribution in [1.82, 2.24) is 5.32 Å². The van der Waals surface area contributed by atoms with Crippen molar-refractivity contribution in [2.75, 3.05) is 19.8 Å². The summed E-state index contributed by atoms with van der Waals surface area (Å²) in [6, 6.07) is -0.663. The van der Waals surface area contributed by atoms with Crippen LogP contribution in [0.4, 0.5) is 0 Å². The molecule has 1 heterocycles. The number of nitrogens with one attached hydrogen (secondary N) is 1. The zero-order valence-corrected chi connectivity index (χ0v) is 17.5. The first-order valence-electron chi connectivity index (χ1n) is 10.6. The van der Waals surface area contributed by atoms with Crippen molar-refractivity contribution in [3.05, 3.63) is 12.7 Å². The Balaban J connectivity index is 2.53. The molecule has 164 valence electrons. The molecule has 0 aliphatic carbocycles. The second-order valence-electron chi connectivity index (χ2n) is 7.37. The summed E-state index contributed by atoms with van der Waals surface area (Å²) in [7, 11) is 0. The Kier molecular flexibility index (Phi) is 13.4. The van der Waals surface area contributed by atoms with Gasteiger partial charge in [0, 0.05) is 13.5 Å². The van der Waals surface area contributed by atoms with E-state index in [1.165, 1.54) is 45.4 Å². The fourth-order valence-corrected chi connectivity index (χ4v) is 3.42. The van der Waals surface area contributed by atoms with Gasteiger partial charge in [0.1, 0.15) is 24.4 Å². The molecule has 1 aliphatic rings. The summed E-state index contributed by atoms with van der Waals surface area (Å²) in [5.41, 5.74) is 0. The van der Waals surface area contributed by atoms with Gasteiger partial charge in [0.15, 0.2) is 6.29 Å². The number of aliphatic hydroxyl groups excluding tert-OH is 2. The Labute approximate surface area is 169 Å². The average molecular weight is 402 g/mol. The topological polar surface area (TPSA) is 97.2 Å². The number of carbonyl (C=O) groups excluding carboxylic acids is 1. The molecule has 7 heteroatoms. The smallest absolute Gasteiger partial charge is 0.217 e. The highest BCUT2D eigenvalue weighted by molar-refractivity contribution is 5.73. The molecular weight excluding hydrogens is 362 g/mol. The molecule has 3 N–H and O–H groups in total. The van der Waals surface area contributed by atoms with Crippen LogP contribution in [0.25, 0.3) is 0 Å². The van der Waals surface area contributed by atoms with Crippen LogP contribution < -0.4 is 5.32 Å². The maximum Gasteiger partial charge on any atom is 0.217 e. The standard InChI is InChI=1S/C21H39NO6/c1-4-6-7-8-9-10-11-12-14-26-20-18(22-16(3)24)21(27-13-5-2)28-17(15-23)19(20)25/h5,17-21,23,25H,2,4,6-15H2,1,3H3,(H,22,24)/t17-,18-,19-,20-,21+/m1/s1. The second-order valence-corrected chi connectivity index (χ2v) is 7.37. The number of rotatable bonds is 15. The summed E-state index contributed by atoms with van der Waals surface area (Å²) in [5, 5.41) is 22.8. The summed E-state index contributed by atoms with van der Waals surface area (Å²) < 4.78 is 17.1. The molecule has 1 aliphatic heterocycles. The molecule has 0 unspecified atom stereocenters. The molecule has 0 spiro atoms. The molecule has 0 aromatic rings. The van der Waals surface area contributed by atoms with E-state index in [9.17, 15) is 15.0 Å². The Bertz CT molecular complexity index is 433. The van der Waals surface area contributed by atoms with Crippen molar-refractivity contribution in [1.29, 1.82) is 0 Å². The SMILES string of the molecule is C=CCO[C@H]1O[C@H](CO)[C@@H](O)[C@H](OCCCCCCCCCC)[C@H]1NC(C)=O. The molecule has 28 heavy (non-hydrogen) atoms. The first kappa shape index (κ1) is 25.0. The molecule has 0 aromatic heterocycles. The first-order valence-corrected chi connectivity index (χ1v) is 10.6. The minimum Gasteiger partial charge on any atom is -0.394 e. The summed E-state index contributed by atoms with van der Waals surface area (Å²) >= 11 is 0. The van der Waals surface area contributed by atoms with Gasteiger partial charge < -0.3 is 29.7 Å². The predicted molar refractivity (Wildman–Crippen MR) is 108 cm³/mol. The molecular formula is C21H39NO6. The fourth-order valence-electron chi connectivity index (χ4n) is 3.42. The minimum atomic E-state index is -1.06. The Morgan fingerprint density at radius 1 is 1.14 bits per heavy atom. The van der Waals surface area contributed by atoms with Crippen molar-refractivity contribution in [2.45, 2.75) is 95.9 Å². The van der Waals surface area contributed by atoms with Crippen molar-refractivity contribution in [3.63, 3.8) is 0 Å². The lowest BCUT2D eigenvalue weighted by Gasteiger charge is -2.44. The molecule has 1 rings (SSSR count). The largest absolute Gasteiger partial charge is 0.394 e. The van der Waals surface area contributed by atoms with E-state index in [1.807, 2.05) is 0 Å². The van der Waals surface area contributed by atoms with Crippen LogP contribution in [0.5, 0.6) is 0 Å². The van der Waals surface area contributed by atoms with Gasteiger partial charge in [-0.3, -0.25) is 4.79 Å². The van der Waals surface area contributed by atoms with Crippen LogP contribution in [0.3, 0.4) is 0 Å². The summed E-state index contributed by atoms with van der Waals surface area (Å²) in [4.78, 5) is 11.6. The number of hydrogen-bond donors (Lipinski definition) is 3. The number of amides is 1. The quantitative estimate of drug-likeness (QED) is 0.288. The van der Waals surface area contributed by atoms with Crippen LogP contribution in [0.15, 0.2) is 12.7 Å². The summed E-state index contributed by atoms with van der Waals surface area (Å²) in [6.45, 7) is 7.55. The Morgan fingerprint density at radius 3 is 2.36 bits per heavy atom. The Hall–Kier alpha value is -0.990. The third-order valence-corrected chi connectivity index (χ3v) is 4.91. The number of unbranched alkanes of at least 4 members (excludes halogenated alkanes) is 7. The van der Waals surface area contributed by atoms with E-state index in [0.717, 1.165) is 12.8 Å². The molecule has 0 radical (unpaired) electrons. The number of hydrogen-bond acceptors (Lipinski definition) is 6. The molecule has 1 fully saturated rings. The molecule has 1 amide bonds. The third kappa shape index (κ3) is 9.01. The van der Waals surface area contributed by atoms with Gasteiger partial charge in [-0.15, -0.1) is 6.58 Å². The molecule has 5 atom stereocenters. The predicted octanol–water partition coefficient (Wildman–Crippen LogP) is 2.30. The maximum absolute atomic E-state index is 11.6. The zero-order chi connectivity index (χ0) is 20.8. The highest BCUT2D eigenvalue weighted by Crippen LogP contribution is 2.25. The van der Waals surface area contributed by atoms with Gasteiger partial charge in [0.05, 0.1) is 13.2 Å². The number of ether oxygens (including phenoxy) is 3. The van der Waals surface area contributed by atoms with E-state index < -0.39 is 30.6 Å². The Morgan fingerprint density at radius 2 is 1.79 bits per heavy atom. The maximum atomic E-state index is 11.6. The summed E-state index contributed by atoms with van der Waals surface area (Å²) in [5.74, 6) is -0.267. The minimum absolute atomic E-state index is 0.222. The van der Waals surface area contributed by atoms with Crippen LogP contribution in [-0.2, 0) is 19.0 Å². The van der Waals surface area contributed by atoms with E-state index in [0.29, 0.717) is 6.61 Å². The van der Waals surface area contributed by atoms with E-state index in [-0.39, 0.29) is 19.1 Å². The van der Waals surface area contributed by atoms with Crippen molar-refractivity contribution < 1.29 is 29.2 Å². The van der Waals surface area contributed by atoms with Crippen molar-refractivity contribution in [3.8, 4) is 0 Å². The van der Waals surface area contributed by atoms with Crippen LogP contribution in [0.2, 0.25) is 0 Å². The van der Waals surface area contributed by atoms with E-state index >= 15 is 0 Å². The van der Waals surface area contributed by atoms with Crippen LogP contribution >= 0.6 is 0 Å². The van der Waals surface area contributed by atoms with E-state index in [1.54, 1.807) is 6.08 Å². The summed E-state index contributed by atoms with van der Waals surface area (Å²) in [6.07, 6.45) is 7.63. The van der Waals surface area contributed by atoms with Gasteiger partial charge in [0.25, 0.3) is 0 Å². The number of aliphatic hydroxyl groups is 2. The van der Waals surface area contributed by atoms with Gasteiger partial charge in [-0.05, 0) is 6.42 Å². The van der Waals surface area contributed by atoms with Crippen molar-refractivity contribution >= 4 is 5.91 Å². The highest BCUT2D eigenvalue weighted by Gasteiger charge is 2.46. The van der Waals surface area contributed by atoms with E-state index in [2.05, 4.69) is 18.8 Å². The van der Waals surface area contributed by atoms with Crippen molar-refractivity contribution in [2.24, 2.45) is 0 Å². The first-order chi connectivity index (χ1) is 13.5. The fraction of sp³-hybridized carbons (Fsp3) is 0.857. The lowest BCUT2D eigenvalue weighted by molar-refractivity contribution is -0.274. The lowest BCUT2D eigenvalue weighted by Crippen LogP contribution is -2.65. The average Bonchev–Trinajstić information content (AvgIpc) is 2.67. The zero-order valence-electron chi connectivity index (χ0n) is 17.5. The molecule has 7 nitrogen and oxygen atoms in total. The van der Waals surface area contributed by atoms with Gasteiger partial charge in [-0.1, -0.05) is 57.9 Å². The molecule has 1 saturated heterocycles. The number of carbonyl (C=O) groups is 1. The highest BCUT2D eigenvalue weighted by atomic mass is 16.7. The van der Waals surface area contributed by atoms with E-state index in [4.69, 9.17) is 14.2 Å². The molecule has 0 bridgehead atoms. The van der Waals surface area contributed by atoms with Gasteiger partial charge in [0.2, 0.25) is 5.91 Å². The van der Waals surface area contributed by atoms with Crippen LogP contribution in [-0.4, -0.2) is 66.6 Å². The third-order valence-electron chi connectivity index (χ3n) is 4.91. The second kappa shape index (κ2) is 14.9. The monoisotopic (exact) mass is 401 g/mol. The molecule has 0 saturated carbocycles. The van der Waals surface area contributed by atoms with Crippen LogP contribution in [0, 0.1) is 0 Å². The van der Waals surface area contributed by atoms with Gasteiger partial charge >= 0.3 is 0 Å². The lowest BCUT2D eigenvalue weighted by atomic mass is 9.96. The van der Waals surface area contributed by atoms with Crippen LogP contribution in [0.1, 0.15) is 65.2 Å². The van der Waals surface area contributed by atoms with Gasteiger partial charge in [-0.25, -0.2) is 0 Å².